The summed E-state index contributed by atoms with van der Waals surface area (Å²) >= 11 is 5.06. The molecule has 1 aliphatic rings. The van der Waals surface area contributed by atoms with Crippen molar-refractivity contribution in [2.75, 3.05) is 13.1 Å². The molecule has 140 valence electrons. The van der Waals surface area contributed by atoms with Crippen molar-refractivity contribution in [3.8, 4) is 0 Å². The Morgan fingerprint density at radius 1 is 1.12 bits per heavy atom. The van der Waals surface area contributed by atoms with Crippen LogP contribution in [0.3, 0.4) is 0 Å². The average Bonchev–Trinajstić information content (AvgIpc) is 2.85. The number of hydrazine groups is 1. The van der Waals surface area contributed by atoms with Crippen molar-refractivity contribution < 1.29 is 14.4 Å². The van der Waals surface area contributed by atoms with Crippen LogP contribution in [0, 0.1) is 5.92 Å². The largest absolute Gasteiger partial charge is 0.361 e. The molecule has 0 radical (unpaired) electrons. The first-order valence-electron chi connectivity index (χ1n) is 8.68. The van der Waals surface area contributed by atoms with E-state index in [9.17, 15) is 14.4 Å². The number of nitrogens with zero attached hydrogens (tertiary/aromatic N) is 1. The molecule has 0 spiro atoms. The Morgan fingerprint density at radius 2 is 1.73 bits per heavy atom. The fourth-order valence-corrected chi connectivity index (χ4v) is 2.70. The van der Waals surface area contributed by atoms with Crippen molar-refractivity contribution in [3.05, 3.63) is 35.4 Å². The van der Waals surface area contributed by atoms with E-state index in [1.165, 1.54) is 4.90 Å². The zero-order valence-corrected chi connectivity index (χ0v) is 15.8. The lowest BCUT2D eigenvalue weighted by atomic mass is 10.1. The minimum Gasteiger partial charge on any atom is -0.361 e. The quantitative estimate of drug-likeness (QED) is 0.380. The molecule has 2 rings (SSSR count). The number of thiocarbonyl (C=S) groups is 1. The average molecular weight is 376 g/mol. The zero-order chi connectivity index (χ0) is 19.1. The van der Waals surface area contributed by atoms with Gasteiger partial charge in [-0.2, -0.15) is 0 Å². The third-order valence-corrected chi connectivity index (χ3v) is 4.23. The van der Waals surface area contributed by atoms with Crippen molar-refractivity contribution in [1.82, 2.24) is 21.1 Å². The highest BCUT2D eigenvalue weighted by molar-refractivity contribution is 7.80. The molecule has 1 aromatic carbocycles. The SMILES string of the molecule is CC(C)CCNC(=S)NNC(=O)CCCN1C(=O)c2ccccc2C1=O. The molecule has 0 saturated carbocycles. The Labute approximate surface area is 158 Å². The third kappa shape index (κ3) is 5.26. The highest BCUT2D eigenvalue weighted by Crippen LogP contribution is 2.22. The van der Waals surface area contributed by atoms with Crippen LogP contribution >= 0.6 is 12.2 Å². The summed E-state index contributed by atoms with van der Waals surface area (Å²) in [7, 11) is 0. The second kappa shape index (κ2) is 9.28. The van der Waals surface area contributed by atoms with Gasteiger partial charge in [-0.1, -0.05) is 26.0 Å². The first-order chi connectivity index (χ1) is 12.4. The molecule has 3 amide bonds. The van der Waals surface area contributed by atoms with E-state index < -0.39 is 0 Å². The van der Waals surface area contributed by atoms with Crippen LogP contribution < -0.4 is 16.2 Å². The number of rotatable bonds is 7. The summed E-state index contributed by atoms with van der Waals surface area (Å²) in [5.41, 5.74) is 5.98. The van der Waals surface area contributed by atoms with Crippen LogP contribution in [0.4, 0.5) is 0 Å². The Kier molecular flexibility index (Phi) is 7.08. The van der Waals surface area contributed by atoms with Gasteiger partial charge in [-0.15, -0.1) is 0 Å². The van der Waals surface area contributed by atoms with Crippen molar-refractivity contribution in [1.29, 1.82) is 0 Å². The number of imide groups is 1. The fraction of sp³-hybridized carbons (Fsp3) is 0.444. The third-order valence-electron chi connectivity index (χ3n) is 3.99. The highest BCUT2D eigenvalue weighted by atomic mass is 32.1. The summed E-state index contributed by atoms with van der Waals surface area (Å²) in [6.45, 7) is 5.18. The van der Waals surface area contributed by atoms with E-state index in [1.807, 2.05) is 0 Å². The molecule has 0 aliphatic carbocycles. The van der Waals surface area contributed by atoms with Crippen LogP contribution in [0.15, 0.2) is 24.3 Å². The molecular formula is C18H24N4O3S. The maximum Gasteiger partial charge on any atom is 0.261 e. The first kappa shape index (κ1) is 19.8. The Balaban J connectivity index is 1.67. The van der Waals surface area contributed by atoms with E-state index in [-0.39, 0.29) is 30.7 Å². The van der Waals surface area contributed by atoms with Crippen molar-refractivity contribution in [3.63, 3.8) is 0 Å². The fourth-order valence-electron chi connectivity index (χ4n) is 2.55. The number of hydrogen-bond donors (Lipinski definition) is 3. The van der Waals surface area contributed by atoms with Gasteiger partial charge in [0.15, 0.2) is 5.11 Å². The van der Waals surface area contributed by atoms with Crippen molar-refractivity contribution >= 4 is 35.1 Å². The number of nitrogens with one attached hydrogen (secondary N) is 3. The topological polar surface area (TPSA) is 90.5 Å². The summed E-state index contributed by atoms with van der Waals surface area (Å²) in [5, 5.41) is 3.36. The van der Waals surface area contributed by atoms with Gasteiger partial charge < -0.3 is 5.32 Å². The molecule has 1 heterocycles. The minimum atomic E-state index is -0.306. The molecule has 1 aliphatic heterocycles. The van der Waals surface area contributed by atoms with Crippen molar-refractivity contribution in [2.45, 2.75) is 33.1 Å². The summed E-state index contributed by atoms with van der Waals surface area (Å²) in [4.78, 5) is 37.4. The number of carbonyl (C=O) groups is 3. The maximum absolute atomic E-state index is 12.2. The summed E-state index contributed by atoms with van der Waals surface area (Å²) < 4.78 is 0. The van der Waals surface area contributed by atoms with Gasteiger partial charge in [0.1, 0.15) is 0 Å². The molecule has 0 atom stereocenters. The molecule has 7 nitrogen and oxygen atoms in total. The number of hydrogen-bond acceptors (Lipinski definition) is 4. The molecular weight excluding hydrogens is 352 g/mol. The van der Waals surface area contributed by atoms with Gasteiger partial charge in [-0.05, 0) is 43.1 Å². The van der Waals surface area contributed by atoms with E-state index in [1.54, 1.807) is 24.3 Å². The lowest BCUT2D eigenvalue weighted by molar-refractivity contribution is -0.121. The lowest BCUT2D eigenvalue weighted by Gasteiger charge is -2.14. The monoisotopic (exact) mass is 376 g/mol. The molecule has 8 heteroatoms. The van der Waals surface area contributed by atoms with Crippen LogP contribution in [0.1, 0.15) is 53.8 Å². The van der Waals surface area contributed by atoms with Crippen LogP contribution in [-0.4, -0.2) is 40.8 Å². The van der Waals surface area contributed by atoms with Crippen molar-refractivity contribution in [2.24, 2.45) is 5.92 Å². The number of carbonyl (C=O) groups excluding carboxylic acids is 3. The lowest BCUT2D eigenvalue weighted by Crippen LogP contribution is -2.47. The standard InChI is InChI=1S/C18H24N4O3S/c1-12(2)9-10-19-18(26)21-20-15(23)8-5-11-22-16(24)13-6-3-4-7-14(13)17(22)25/h3-4,6-7,12H,5,8-11H2,1-2H3,(H,20,23)(H2,19,21,26). The summed E-state index contributed by atoms with van der Waals surface area (Å²) in [6, 6.07) is 6.73. The van der Waals surface area contributed by atoms with Gasteiger partial charge in [-0.3, -0.25) is 30.1 Å². The van der Waals surface area contributed by atoms with E-state index >= 15 is 0 Å². The number of fused-ring (bicyclic) bond motifs is 1. The molecule has 0 unspecified atom stereocenters. The molecule has 0 saturated heterocycles. The molecule has 0 fully saturated rings. The molecule has 0 bridgehead atoms. The highest BCUT2D eigenvalue weighted by Gasteiger charge is 2.34. The van der Waals surface area contributed by atoms with Crippen LogP contribution in [-0.2, 0) is 4.79 Å². The number of benzene rings is 1. The minimum absolute atomic E-state index is 0.176. The molecule has 3 N–H and O–H groups in total. The van der Waals surface area contributed by atoms with E-state index in [2.05, 4.69) is 30.0 Å². The maximum atomic E-state index is 12.2. The second-order valence-electron chi connectivity index (χ2n) is 6.52. The Morgan fingerprint density at radius 3 is 2.31 bits per heavy atom. The van der Waals surface area contributed by atoms with Gasteiger partial charge in [0.2, 0.25) is 5.91 Å². The van der Waals surface area contributed by atoms with Gasteiger partial charge in [0.05, 0.1) is 11.1 Å². The molecule has 0 aromatic heterocycles. The van der Waals surface area contributed by atoms with Crippen LogP contribution in [0.2, 0.25) is 0 Å². The predicted octanol–water partition coefficient (Wildman–Crippen LogP) is 1.60. The smallest absolute Gasteiger partial charge is 0.261 e. The first-order valence-corrected chi connectivity index (χ1v) is 9.09. The predicted molar refractivity (Wildman–Crippen MR) is 102 cm³/mol. The Hall–Kier alpha value is -2.48. The molecule has 26 heavy (non-hydrogen) atoms. The van der Waals surface area contributed by atoms with Crippen LogP contribution in [0.25, 0.3) is 0 Å². The van der Waals surface area contributed by atoms with Gasteiger partial charge in [0, 0.05) is 19.5 Å². The van der Waals surface area contributed by atoms with E-state index in [4.69, 9.17) is 12.2 Å². The number of amides is 3. The van der Waals surface area contributed by atoms with Gasteiger partial charge in [0.25, 0.3) is 11.8 Å². The second-order valence-corrected chi connectivity index (χ2v) is 6.93. The zero-order valence-electron chi connectivity index (χ0n) is 15.0. The summed E-state index contributed by atoms with van der Waals surface area (Å²) in [6.07, 6.45) is 1.54. The summed E-state index contributed by atoms with van der Waals surface area (Å²) in [5.74, 6) is -0.295. The van der Waals surface area contributed by atoms with E-state index in [0.717, 1.165) is 13.0 Å². The van der Waals surface area contributed by atoms with Gasteiger partial charge in [-0.25, -0.2) is 0 Å². The molecule has 1 aromatic rings. The van der Waals surface area contributed by atoms with E-state index in [0.29, 0.717) is 28.6 Å². The Bertz CT molecular complexity index is 670. The van der Waals surface area contributed by atoms with Crippen LogP contribution in [0.5, 0.6) is 0 Å². The normalized spacial score (nSPS) is 13.0. The van der Waals surface area contributed by atoms with Gasteiger partial charge >= 0.3 is 0 Å².